The highest BCUT2D eigenvalue weighted by Gasteiger charge is 2.27. The molecule has 0 radical (unpaired) electrons. The van der Waals surface area contributed by atoms with Gasteiger partial charge in [-0.1, -0.05) is 35.9 Å². The van der Waals surface area contributed by atoms with Gasteiger partial charge >= 0.3 is 0 Å². The van der Waals surface area contributed by atoms with Crippen LogP contribution in [0.2, 0.25) is 0 Å². The van der Waals surface area contributed by atoms with E-state index in [4.69, 9.17) is 4.11 Å². The van der Waals surface area contributed by atoms with E-state index < -0.39 is 18.9 Å². The predicted molar refractivity (Wildman–Crippen MR) is 93.8 cm³/mol. The summed E-state index contributed by atoms with van der Waals surface area (Å²) in [7, 11) is 3.15. The summed E-state index contributed by atoms with van der Waals surface area (Å²) in [4.78, 5) is 18.3. The minimum atomic E-state index is -2.20. The van der Waals surface area contributed by atoms with Crippen LogP contribution in [0.25, 0.3) is 16.9 Å². The maximum absolute atomic E-state index is 12.4. The first kappa shape index (κ1) is 12.7. The van der Waals surface area contributed by atoms with Crippen molar-refractivity contribution in [2.24, 2.45) is 0 Å². The molecule has 2 aromatic heterocycles. The minimum Gasteiger partial charge on any atom is -0.377 e. The van der Waals surface area contributed by atoms with E-state index in [0.29, 0.717) is 22.6 Å². The van der Waals surface area contributed by atoms with Crippen molar-refractivity contribution >= 4 is 11.6 Å². The molecule has 0 saturated carbocycles. The summed E-state index contributed by atoms with van der Waals surface area (Å²) in [5.41, 5.74) is 3.20. The Labute approximate surface area is 145 Å². The highest BCUT2D eigenvalue weighted by atomic mass is 16.3. The number of nitrogens with zero attached hydrogens (tertiary/aromatic N) is 3. The van der Waals surface area contributed by atoms with Crippen LogP contribution in [-0.2, 0) is 4.79 Å². The second-order valence-electron chi connectivity index (χ2n) is 5.99. The maximum Gasteiger partial charge on any atom is 0.257 e. The maximum atomic E-state index is 12.4. The van der Waals surface area contributed by atoms with Crippen molar-refractivity contribution in [2.75, 3.05) is 14.1 Å². The van der Waals surface area contributed by atoms with E-state index in [1.165, 1.54) is 17.0 Å². The first-order valence-electron chi connectivity index (χ1n) is 9.08. The predicted octanol–water partition coefficient (Wildman–Crippen LogP) is 2.74. The average molecular weight is 326 g/mol. The smallest absolute Gasteiger partial charge is 0.257 e. The van der Waals surface area contributed by atoms with Crippen LogP contribution in [-0.4, -0.2) is 39.4 Å². The lowest BCUT2D eigenvalue weighted by atomic mass is 10.1. The number of pyridine rings is 1. The molecule has 0 aliphatic heterocycles. The van der Waals surface area contributed by atoms with Crippen molar-refractivity contribution in [3.05, 3.63) is 59.4 Å². The summed E-state index contributed by atoms with van der Waals surface area (Å²) < 4.78 is 24.2. The lowest BCUT2D eigenvalue weighted by Crippen LogP contribution is -2.29. The number of amides is 1. The fourth-order valence-electron chi connectivity index (χ4n) is 2.63. The van der Waals surface area contributed by atoms with Gasteiger partial charge in [-0.15, -0.1) is 0 Å². The fraction of sp³-hybridized carbons (Fsp3) is 0.263. The molecule has 1 amide bonds. The molecule has 0 bridgehead atoms. The molecule has 3 rings (SSSR count). The van der Waals surface area contributed by atoms with Gasteiger partial charge in [-0.05, 0) is 25.4 Å². The Morgan fingerprint density at radius 3 is 2.50 bits per heavy atom. The molecule has 0 saturated heterocycles. The van der Waals surface area contributed by atoms with Crippen LogP contribution in [0.4, 0.5) is 0 Å². The molecule has 3 aromatic rings. The van der Waals surface area contributed by atoms with E-state index in [1.54, 1.807) is 30.6 Å². The number of carbonyl (C=O) groups excluding carboxylic acids is 1. The van der Waals surface area contributed by atoms with E-state index in [-0.39, 0.29) is 5.56 Å². The molecule has 0 spiro atoms. The van der Waals surface area contributed by atoms with Gasteiger partial charge in [-0.2, -0.15) is 0 Å². The largest absolute Gasteiger partial charge is 0.377 e. The van der Waals surface area contributed by atoms with Crippen molar-refractivity contribution in [1.82, 2.24) is 14.3 Å². The van der Waals surface area contributed by atoms with Gasteiger partial charge in [0.15, 0.2) is 6.10 Å². The monoisotopic (exact) mass is 326 g/mol. The van der Waals surface area contributed by atoms with Gasteiger partial charge < -0.3 is 10.0 Å². The highest BCUT2D eigenvalue weighted by Crippen LogP contribution is 2.30. The quantitative estimate of drug-likeness (QED) is 0.805. The van der Waals surface area contributed by atoms with E-state index in [1.807, 2.05) is 25.3 Å². The minimum absolute atomic E-state index is 0.220. The lowest BCUT2D eigenvalue weighted by molar-refractivity contribution is -0.138. The second kappa shape index (κ2) is 6.09. The third-order valence-corrected chi connectivity index (χ3v) is 3.90. The number of aliphatic hydroxyl groups excluding tert-OH is 1. The van der Waals surface area contributed by atoms with Gasteiger partial charge in [-0.3, -0.25) is 9.20 Å². The summed E-state index contributed by atoms with van der Waals surface area (Å²) >= 11 is 0. The van der Waals surface area contributed by atoms with Gasteiger partial charge in [0.05, 0.1) is 11.4 Å². The molecule has 1 atom stereocenters. The second-order valence-corrected chi connectivity index (χ2v) is 5.99. The van der Waals surface area contributed by atoms with Crippen LogP contribution in [0.5, 0.6) is 0 Å². The standard InChI is InChI=1S/C19H21N3O2/c1-12-5-8-14(9-6-12)16-17(18(23)19(24)21(3)4)22-11-13(2)7-10-15(22)20-16/h5-11,18,23H,1-4H3/i1D3. The topological polar surface area (TPSA) is 57.8 Å². The molecular formula is C19H21N3O2. The van der Waals surface area contributed by atoms with Crippen molar-refractivity contribution in [1.29, 1.82) is 0 Å². The van der Waals surface area contributed by atoms with Gasteiger partial charge in [0.25, 0.3) is 5.91 Å². The number of imidazole rings is 1. The fourth-order valence-corrected chi connectivity index (χ4v) is 2.63. The number of carbonyl (C=O) groups is 1. The van der Waals surface area contributed by atoms with E-state index in [9.17, 15) is 9.90 Å². The number of aliphatic hydroxyl groups is 1. The molecule has 0 aliphatic rings. The van der Waals surface area contributed by atoms with Crippen molar-refractivity contribution in [3.63, 3.8) is 0 Å². The summed E-state index contributed by atoms with van der Waals surface area (Å²) in [6.45, 7) is -0.286. The van der Waals surface area contributed by atoms with E-state index in [0.717, 1.165) is 5.56 Å². The summed E-state index contributed by atoms with van der Waals surface area (Å²) in [5, 5.41) is 10.7. The number of benzene rings is 1. The van der Waals surface area contributed by atoms with E-state index in [2.05, 4.69) is 4.98 Å². The van der Waals surface area contributed by atoms with Crippen LogP contribution in [0.3, 0.4) is 0 Å². The Bertz CT molecular complexity index is 992. The first-order valence-corrected chi connectivity index (χ1v) is 7.58. The Morgan fingerprint density at radius 2 is 1.88 bits per heavy atom. The molecule has 5 nitrogen and oxygen atoms in total. The molecule has 5 heteroatoms. The van der Waals surface area contributed by atoms with Crippen LogP contribution in [0.15, 0.2) is 42.6 Å². The first-order chi connectivity index (χ1) is 12.6. The Morgan fingerprint density at radius 1 is 1.21 bits per heavy atom. The van der Waals surface area contributed by atoms with Crippen molar-refractivity contribution < 1.29 is 14.0 Å². The number of aromatic nitrogens is 2. The van der Waals surface area contributed by atoms with Gasteiger partial charge in [0.1, 0.15) is 5.65 Å². The molecule has 0 fully saturated rings. The van der Waals surface area contributed by atoms with Gasteiger partial charge in [0, 0.05) is 30.0 Å². The van der Waals surface area contributed by atoms with Crippen LogP contribution in [0, 0.1) is 13.8 Å². The van der Waals surface area contributed by atoms with Crippen LogP contribution in [0.1, 0.15) is 27.0 Å². The molecule has 124 valence electrons. The lowest BCUT2D eigenvalue weighted by Gasteiger charge is -2.17. The normalized spacial score (nSPS) is 14.8. The molecular weight excluding hydrogens is 302 g/mol. The summed E-state index contributed by atoms with van der Waals surface area (Å²) in [5.74, 6) is -0.460. The summed E-state index contributed by atoms with van der Waals surface area (Å²) in [6.07, 6.45) is 0.415. The number of rotatable bonds is 3. The Balaban J connectivity index is 2.20. The van der Waals surface area contributed by atoms with Crippen molar-refractivity contribution in [2.45, 2.75) is 19.9 Å². The zero-order valence-corrected chi connectivity index (χ0v) is 13.8. The number of fused-ring (bicyclic) bond motifs is 1. The number of likely N-dealkylation sites (N-methyl/N-ethyl adjacent to an activating group) is 1. The number of hydrogen-bond acceptors (Lipinski definition) is 3. The molecule has 0 aliphatic carbocycles. The molecule has 1 aromatic carbocycles. The van der Waals surface area contributed by atoms with E-state index >= 15 is 0 Å². The SMILES string of the molecule is [2H]C([2H])([2H])c1ccc(-c2nc3ccc(C)cn3c2C(O)C(=O)N(C)C)cc1. The Kier molecular flexibility index (Phi) is 3.23. The molecule has 1 unspecified atom stereocenters. The van der Waals surface area contributed by atoms with Gasteiger partial charge in [-0.25, -0.2) is 4.98 Å². The average Bonchev–Trinajstić information content (AvgIpc) is 2.98. The zero-order chi connectivity index (χ0) is 19.9. The number of aryl methyl sites for hydroxylation is 2. The Hall–Kier alpha value is -2.66. The highest BCUT2D eigenvalue weighted by molar-refractivity contribution is 5.84. The van der Waals surface area contributed by atoms with Crippen molar-refractivity contribution in [3.8, 4) is 11.3 Å². The summed E-state index contributed by atoms with van der Waals surface area (Å²) in [6, 6.07) is 10.0. The van der Waals surface area contributed by atoms with Crippen LogP contribution >= 0.6 is 0 Å². The molecule has 2 heterocycles. The zero-order valence-electron chi connectivity index (χ0n) is 16.8. The van der Waals surface area contributed by atoms with Gasteiger partial charge in [0.2, 0.25) is 0 Å². The number of hydrogen-bond donors (Lipinski definition) is 1. The molecule has 1 N–H and O–H groups in total. The third kappa shape index (κ3) is 2.78. The third-order valence-electron chi connectivity index (χ3n) is 3.90. The molecule has 24 heavy (non-hydrogen) atoms. The van der Waals surface area contributed by atoms with Crippen LogP contribution < -0.4 is 0 Å².